The minimum atomic E-state index is -4.67. The zero-order valence-electron chi connectivity index (χ0n) is 22.1. The van der Waals surface area contributed by atoms with Gasteiger partial charge in [0.1, 0.15) is 6.10 Å². The molecule has 1 aromatic carbocycles. The highest BCUT2D eigenvalue weighted by Crippen LogP contribution is 2.44. The number of ether oxygens (including phenoxy) is 2. The lowest BCUT2D eigenvalue weighted by Gasteiger charge is -2.37. The third kappa shape index (κ3) is 4.74. The molecule has 5 heterocycles. The van der Waals surface area contributed by atoms with Crippen molar-refractivity contribution in [1.29, 1.82) is 0 Å². The Hall–Kier alpha value is -3.12. The van der Waals surface area contributed by atoms with E-state index in [2.05, 4.69) is 20.5 Å². The zero-order valence-corrected chi connectivity index (χ0v) is 22.1. The van der Waals surface area contributed by atoms with Crippen molar-refractivity contribution >= 4 is 22.4 Å². The number of aryl methyl sites for hydroxylation is 1. The zero-order chi connectivity index (χ0) is 28.2. The Balaban J connectivity index is 1.38. The molecule has 12 heteroatoms. The third-order valence-electron chi connectivity index (χ3n) is 8.15. The van der Waals surface area contributed by atoms with Gasteiger partial charge in [0, 0.05) is 17.6 Å². The molecule has 3 aromatic rings. The van der Waals surface area contributed by atoms with Gasteiger partial charge in [-0.1, -0.05) is 18.2 Å². The summed E-state index contributed by atoms with van der Waals surface area (Å²) in [4.78, 5) is 5.88. The molecule has 214 valence electrons. The van der Waals surface area contributed by atoms with Crippen LogP contribution in [0.1, 0.15) is 61.2 Å². The topological polar surface area (TPSA) is 72.4 Å². The van der Waals surface area contributed by atoms with E-state index >= 15 is 8.78 Å². The summed E-state index contributed by atoms with van der Waals surface area (Å²) in [5, 5.41) is 11.9. The summed E-state index contributed by atoms with van der Waals surface area (Å²) in [7, 11) is 0. The van der Waals surface area contributed by atoms with E-state index < -0.39 is 29.9 Å². The Morgan fingerprint density at radius 1 is 1.02 bits per heavy atom. The predicted octanol–water partition coefficient (Wildman–Crippen LogP) is 6.16. The largest absolute Gasteiger partial charge is 0.435 e. The van der Waals surface area contributed by atoms with E-state index in [0.29, 0.717) is 37.2 Å². The van der Waals surface area contributed by atoms with Gasteiger partial charge in [0.05, 0.1) is 48.2 Å². The van der Waals surface area contributed by atoms with Gasteiger partial charge >= 0.3 is 6.18 Å². The van der Waals surface area contributed by atoms with Crippen molar-refractivity contribution in [2.45, 2.75) is 75.9 Å². The van der Waals surface area contributed by atoms with Crippen molar-refractivity contribution < 1.29 is 31.4 Å². The van der Waals surface area contributed by atoms with Gasteiger partial charge < -0.3 is 19.7 Å². The molecule has 2 aromatic heterocycles. The molecular formula is C28H30F5N5O2. The molecule has 3 aliphatic rings. The van der Waals surface area contributed by atoms with E-state index in [0.717, 1.165) is 12.8 Å². The van der Waals surface area contributed by atoms with Gasteiger partial charge in [-0.05, 0) is 57.2 Å². The number of morpholine rings is 1. The Morgan fingerprint density at radius 3 is 2.45 bits per heavy atom. The molecule has 40 heavy (non-hydrogen) atoms. The van der Waals surface area contributed by atoms with Crippen molar-refractivity contribution in [3.8, 4) is 0 Å². The van der Waals surface area contributed by atoms with Crippen LogP contribution < -0.4 is 10.2 Å². The number of anilines is 2. The van der Waals surface area contributed by atoms with Gasteiger partial charge in [0.25, 0.3) is 5.92 Å². The van der Waals surface area contributed by atoms with Crippen LogP contribution in [-0.4, -0.2) is 53.2 Å². The molecule has 0 radical (unpaired) electrons. The molecular weight excluding hydrogens is 533 g/mol. The molecule has 3 unspecified atom stereocenters. The maximum atomic E-state index is 15.1. The summed E-state index contributed by atoms with van der Waals surface area (Å²) in [5.41, 5.74) is -0.201. The van der Waals surface area contributed by atoms with Crippen LogP contribution in [-0.2, 0) is 21.6 Å². The molecule has 3 fully saturated rings. The lowest BCUT2D eigenvalue weighted by Crippen LogP contribution is -2.46. The number of nitrogens with one attached hydrogen (secondary N) is 1. The number of fused-ring (bicyclic) bond motifs is 3. The number of alkyl halides is 5. The van der Waals surface area contributed by atoms with Crippen molar-refractivity contribution in [3.05, 3.63) is 52.8 Å². The van der Waals surface area contributed by atoms with E-state index in [1.54, 1.807) is 30.9 Å². The SMILES string of the molecule is Cc1nnc(N[C@H](C)c2cccc(C(F)(F)C3CCCO3)c2)c2cc(N3C4CCC3COC4)c(C(F)(F)F)nc12. The molecule has 0 amide bonds. The lowest BCUT2D eigenvalue weighted by molar-refractivity contribution is -0.140. The second-order valence-corrected chi connectivity index (χ2v) is 10.8. The normalized spacial score (nSPS) is 24.1. The van der Waals surface area contributed by atoms with E-state index in [1.807, 2.05) is 0 Å². The highest BCUT2D eigenvalue weighted by Gasteiger charge is 2.45. The summed E-state index contributed by atoms with van der Waals surface area (Å²) in [5.74, 6) is -2.92. The number of halogens is 5. The second kappa shape index (κ2) is 10.1. The Labute approximate surface area is 228 Å². The predicted molar refractivity (Wildman–Crippen MR) is 139 cm³/mol. The second-order valence-electron chi connectivity index (χ2n) is 10.8. The molecule has 6 rings (SSSR count). The Morgan fingerprint density at radius 2 is 1.77 bits per heavy atom. The Kier molecular flexibility index (Phi) is 6.81. The molecule has 4 atom stereocenters. The quantitative estimate of drug-likeness (QED) is 0.360. The molecule has 7 nitrogen and oxygen atoms in total. The fourth-order valence-corrected chi connectivity index (χ4v) is 6.07. The Bertz CT molecular complexity index is 1400. The molecule has 3 aliphatic heterocycles. The number of nitrogens with zero attached hydrogens (tertiary/aromatic N) is 4. The van der Waals surface area contributed by atoms with Crippen LogP contribution in [0.5, 0.6) is 0 Å². The maximum absolute atomic E-state index is 15.1. The fourth-order valence-electron chi connectivity index (χ4n) is 6.07. The minimum Gasteiger partial charge on any atom is -0.377 e. The first-order chi connectivity index (χ1) is 19.0. The summed E-state index contributed by atoms with van der Waals surface area (Å²) in [6, 6.07) is 6.73. The van der Waals surface area contributed by atoms with Gasteiger partial charge in [-0.15, -0.1) is 5.10 Å². The van der Waals surface area contributed by atoms with E-state index in [9.17, 15) is 13.2 Å². The van der Waals surface area contributed by atoms with Gasteiger partial charge in [-0.25, -0.2) is 4.98 Å². The maximum Gasteiger partial charge on any atom is 0.435 e. The summed E-state index contributed by atoms with van der Waals surface area (Å²) >= 11 is 0. The number of hydrogen-bond acceptors (Lipinski definition) is 7. The summed E-state index contributed by atoms with van der Waals surface area (Å²) in [6.45, 7) is 4.36. The van der Waals surface area contributed by atoms with Crippen molar-refractivity contribution in [2.24, 2.45) is 0 Å². The first kappa shape index (κ1) is 27.1. The van der Waals surface area contributed by atoms with E-state index in [1.165, 1.54) is 18.2 Å². The van der Waals surface area contributed by atoms with Crippen molar-refractivity contribution in [1.82, 2.24) is 15.2 Å². The number of pyridine rings is 1. The lowest BCUT2D eigenvalue weighted by atomic mass is 9.97. The van der Waals surface area contributed by atoms with Crippen LogP contribution in [0.15, 0.2) is 30.3 Å². The smallest absolute Gasteiger partial charge is 0.377 e. The molecule has 0 aliphatic carbocycles. The molecule has 0 saturated carbocycles. The number of benzene rings is 1. The molecule has 2 bridgehead atoms. The average Bonchev–Trinajstić information content (AvgIpc) is 3.56. The van der Waals surface area contributed by atoms with Crippen LogP contribution in [0.25, 0.3) is 10.9 Å². The van der Waals surface area contributed by atoms with E-state index in [-0.39, 0.29) is 46.8 Å². The standard InChI is InChI=1S/C28H30F5N5O2/c1-15(17-5-3-6-18(11-17)27(29,30)23-7-4-10-40-23)34-26-21-12-22(38-19-8-9-20(38)14-39-13-19)25(28(31,32)33)35-24(21)16(2)36-37-26/h3,5-6,11-12,15,19-20,23H,4,7-10,13-14H2,1-2H3,(H,34,37)/t15-,19?,20?,23?/m1/s1. The minimum absolute atomic E-state index is 0.00268. The van der Waals surface area contributed by atoms with Crippen molar-refractivity contribution in [2.75, 3.05) is 30.0 Å². The van der Waals surface area contributed by atoms with Crippen LogP contribution in [0.4, 0.5) is 33.5 Å². The van der Waals surface area contributed by atoms with E-state index in [4.69, 9.17) is 9.47 Å². The average molecular weight is 564 g/mol. The van der Waals surface area contributed by atoms with Crippen molar-refractivity contribution in [3.63, 3.8) is 0 Å². The number of hydrogen-bond donors (Lipinski definition) is 1. The van der Waals surface area contributed by atoms with Gasteiger partial charge in [0.15, 0.2) is 11.5 Å². The molecule has 0 spiro atoms. The van der Waals surface area contributed by atoms with Crippen LogP contribution in [0.2, 0.25) is 0 Å². The molecule has 3 saturated heterocycles. The monoisotopic (exact) mass is 563 g/mol. The highest BCUT2D eigenvalue weighted by molar-refractivity contribution is 5.93. The molecule has 1 N–H and O–H groups in total. The van der Waals surface area contributed by atoms with Gasteiger partial charge in [0.2, 0.25) is 0 Å². The van der Waals surface area contributed by atoms with Gasteiger partial charge in [-0.2, -0.15) is 27.1 Å². The third-order valence-corrected chi connectivity index (χ3v) is 8.15. The first-order valence-corrected chi connectivity index (χ1v) is 13.5. The van der Waals surface area contributed by atoms with Crippen LogP contribution in [0.3, 0.4) is 0 Å². The summed E-state index contributed by atoms with van der Waals surface area (Å²) < 4.78 is 83.9. The number of aromatic nitrogens is 3. The highest BCUT2D eigenvalue weighted by atomic mass is 19.4. The summed E-state index contributed by atoms with van der Waals surface area (Å²) in [6.07, 6.45) is -3.48. The van der Waals surface area contributed by atoms with Gasteiger partial charge in [-0.3, -0.25) is 0 Å². The fraction of sp³-hybridized carbons (Fsp3) is 0.536. The number of rotatable bonds is 6. The first-order valence-electron chi connectivity index (χ1n) is 13.5. The van der Waals surface area contributed by atoms with Crippen LogP contribution >= 0.6 is 0 Å². The van der Waals surface area contributed by atoms with Crippen LogP contribution in [0, 0.1) is 6.92 Å².